The molecule has 0 aliphatic carbocycles. The highest BCUT2D eigenvalue weighted by Gasteiger charge is 2.24. The van der Waals surface area contributed by atoms with Crippen molar-refractivity contribution in [1.29, 1.82) is 0 Å². The number of carbonyl (C=O) groups excluding carboxylic acids is 1. The van der Waals surface area contributed by atoms with Gasteiger partial charge in [-0.15, -0.1) is 0 Å². The first-order chi connectivity index (χ1) is 17.4. The Morgan fingerprint density at radius 1 is 1.06 bits per heavy atom. The zero-order valence-electron chi connectivity index (χ0n) is 19.8. The number of carbonyl (C=O) groups is 1. The number of methoxy groups -OCH3 is 1. The minimum Gasteiger partial charge on any atom is -0.497 e. The summed E-state index contributed by atoms with van der Waals surface area (Å²) in [5, 5.41) is 2.91. The molecule has 0 unspecified atom stereocenters. The van der Waals surface area contributed by atoms with Crippen molar-refractivity contribution in [3.05, 3.63) is 89.7 Å². The fourth-order valence-corrected chi connectivity index (χ4v) is 5.10. The Kier molecular flexibility index (Phi) is 8.19. The predicted molar refractivity (Wildman–Crippen MR) is 134 cm³/mol. The van der Waals surface area contributed by atoms with E-state index >= 15 is 0 Å². The molecule has 1 aliphatic heterocycles. The third-order valence-corrected chi connectivity index (χ3v) is 7.32. The van der Waals surface area contributed by atoms with Crippen LogP contribution in [0.25, 0.3) is 0 Å². The van der Waals surface area contributed by atoms with Crippen LogP contribution in [0.2, 0.25) is 0 Å². The van der Waals surface area contributed by atoms with Gasteiger partial charge in [-0.2, -0.15) is 0 Å². The van der Waals surface area contributed by atoms with Gasteiger partial charge in [0.1, 0.15) is 11.6 Å². The maximum absolute atomic E-state index is 13.5. The summed E-state index contributed by atoms with van der Waals surface area (Å²) in [5.74, 6) is -0.130. The lowest BCUT2D eigenvalue weighted by atomic mass is 10.0. The van der Waals surface area contributed by atoms with Crippen LogP contribution in [0, 0.1) is 5.82 Å². The number of benzene rings is 3. The highest BCUT2D eigenvalue weighted by atomic mass is 32.2. The van der Waals surface area contributed by atoms with Crippen LogP contribution in [0.4, 0.5) is 10.1 Å². The van der Waals surface area contributed by atoms with Crippen LogP contribution >= 0.6 is 0 Å². The van der Waals surface area contributed by atoms with Crippen molar-refractivity contribution in [2.75, 3.05) is 44.7 Å². The molecule has 4 rings (SSSR count). The van der Waals surface area contributed by atoms with E-state index in [2.05, 4.69) is 14.9 Å². The second-order valence-electron chi connectivity index (χ2n) is 8.29. The van der Waals surface area contributed by atoms with Gasteiger partial charge in [-0.05, 0) is 60.2 Å². The van der Waals surface area contributed by atoms with E-state index in [9.17, 15) is 17.6 Å². The van der Waals surface area contributed by atoms with Gasteiger partial charge in [-0.1, -0.05) is 18.2 Å². The van der Waals surface area contributed by atoms with Gasteiger partial charge in [0, 0.05) is 30.9 Å². The summed E-state index contributed by atoms with van der Waals surface area (Å²) in [6.45, 7) is 2.79. The number of hydrogen-bond donors (Lipinski definition) is 2. The Hall–Kier alpha value is -3.47. The maximum atomic E-state index is 13.5. The van der Waals surface area contributed by atoms with Crippen LogP contribution in [0.1, 0.15) is 22.0 Å². The molecule has 36 heavy (non-hydrogen) atoms. The largest absolute Gasteiger partial charge is 0.497 e. The third kappa shape index (κ3) is 6.39. The molecule has 3 aromatic rings. The van der Waals surface area contributed by atoms with Gasteiger partial charge in [0.25, 0.3) is 15.9 Å². The standard InChI is InChI=1S/C26H28FN3O5S/c1-34-23-11-9-22(10-12-23)29-36(32,33)24-4-2-3-20(17-24)26(31)28-18-25(30-13-15-35-16-14-30)19-5-7-21(27)8-6-19/h2-12,17,25,29H,13-16,18H2,1H3,(H,28,31)/t25-/m1/s1. The topological polar surface area (TPSA) is 97.0 Å². The van der Waals surface area contributed by atoms with Crippen LogP contribution < -0.4 is 14.8 Å². The normalized spacial score (nSPS) is 15.2. The van der Waals surface area contributed by atoms with Crippen molar-refractivity contribution in [3.63, 3.8) is 0 Å². The van der Waals surface area contributed by atoms with E-state index in [4.69, 9.17) is 9.47 Å². The molecule has 1 fully saturated rings. The molecule has 1 amide bonds. The molecule has 0 saturated carbocycles. The lowest BCUT2D eigenvalue weighted by Gasteiger charge is -2.35. The van der Waals surface area contributed by atoms with Crippen molar-refractivity contribution in [2.24, 2.45) is 0 Å². The summed E-state index contributed by atoms with van der Waals surface area (Å²) in [7, 11) is -2.39. The number of amides is 1. The summed E-state index contributed by atoms with van der Waals surface area (Å²) in [6.07, 6.45) is 0. The molecule has 0 aromatic heterocycles. The summed E-state index contributed by atoms with van der Waals surface area (Å²) in [6, 6.07) is 18.4. The Morgan fingerprint density at radius 2 is 1.75 bits per heavy atom. The predicted octanol–water partition coefficient (Wildman–Crippen LogP) is 3.44. The molecule has 0 radical (unpaired) electrons. The van der Waals surface area contributed by atoms with Crippen LogP contribution in [-0.2, 0) is 14.8 Å². The Morgan fingerprint density at radius 3 is 2.42 bits per heavy atom. The van der Waals surface area contributed by atoms with E-state index in [1.54, 1.807) is 42.5 Å². The van der Waals surface area contributed by atoms with Gasteiger partial charge < -0.3 is 14.8 Å². The molecule has 2 N–H and O–H groups in total. The van der Waals surface area contributed by atoms with Crippen LogP contribution in [0.3, 0.4) is 0 Å². The van der Waals surface area contributed by atoms with Gasteiger partial charge in [0.05, 0.1) is 31.3 Å². The number of morpholine rings is 1. The number of rotatable bonds is 9. The first kappa shape index (κ1) is 25.6. The molecule has 1 heterocycles. The van der Waals surface area contributed by atoms with Crippen molar-refractivity contribution in [3.8, 4) is 5.75 Å². The van der Waals surface area contributed by atoms with E-state index in [1.807, 2.05) is 0 Å². The number of anilines is 1. The first-order valence-electron chi connectivity index (χ1n) is 11.5. The number of ether oxygens (including phenoxy) is 2. The molecule has 190 valence electrons. The van der Waals surface area contributed by atoms with Gasteiger partial charge in [0.2, 0.25) is 0 Å². The number of halogens is 1. The van der Waals surface area contributed by atoms with E-state index in [1.165, 1.54) is 37.4 Å². The van der Waals surface area contributed by atoms with Crippen molar-refractivity contribution in [1.82, 2.24) is 10.2 Å². The molecule has 10 heteroatoms. The summed E-state index contributed by atoms with van der Waals surface area (Å²) < 4.78 is 52.3. The maximum Gasteiger partial charge on any atom is 0.261 e. The highest BCUT2D eigenvalue weighted by Crippen LogP contribution is 2.23. The quantitative estimate of drug-likeness (QED) is 0.455. The molecule has 0 spiro atoms. The number of nitrogens with zero attached hydrogens (tertiary/aromatic N) is 1. The lowest BCUT2D eigenvalue weighted by Crippen LogP contribution is -2.43. The molecule has 1 aliphatic rings. The van der Waals surface area contributed by atoms with Gasteiger partial charge in [-0.25, -0.2) is 12.8 Å². The number of nitrogens with one attached hydrogen (secondary N) is 2. The molecule has 0 bridgehead atoms. The van der Waals surface area contributed by atoms with Crippen molar-refractivity contribution in [2.45, 2.75) is 10.9 Å². The third-order valence-electron chi connectivity index (χ3n) is 5.95. The highest BCUT2D eigenvalue weighted by molar-refractivity contribution is 7.92. The lowest BCUT2D eigenvalue weighted by molar-refractivity contribution is 0.0162. The molecular formula is C26H28FN3O5S. The number of hydrogen-bond acceptors (Lipinski definition) is 6. The Bertz CT molecular complexity index is 1280. The van der Waals surface area contributed by atoms with E-state index < -0.39 is 15.9 Å². The fourth-order valence-electron chi connectivity index (χ4n) is 4.00. The van der Waals surface area contributed by atoms with Gasteiger partial charge >= 0.3 is 0 Å². The monoisotopic (exact) mass is 513 g/mol. The smallest absolute Gasteiger partial charge is 0.261 e. The van der Waals surface area contributed by atoms with Crippen LogP contribution in [0.15, 0.2) is 77.7 Å². The van der Waals surface area contributed by atoms with Crippen molar-refractivity contribution >= 4 is 21.6 Å². The average molecular weight is 514 g/mol. The summed E-state index contributed by atoms with van der Waals surface area (Å²) >= 11 is 0. The minimum absolute atomic E-state index is 0.0331. The summed E-state index contributed by atoms with van der Waals surface area (Å²) in [5.41, 5.74) is 1.46. The molecule has 3 aromatic carbocycles. The Labute approximate surface area is 210 Å². The first-order valence-corrected chi connectivity index (χ1v) is 13.0. The van der Waals surface area contributed by atoms with E-state index in [-0.39, 0.29) is 28.9 Å². The van der Waals surface area contributed by atoms with E-state index in [0.29, 0.717) is 37.7 Å². The van der Waals surface area contributed by atoms with Crippen LogP contribution in [0.5, 0.6) is 5.75 Å². The van der Waals surface area contributed by atoms with Gasteiger partial charge in [-0.3, -0.25) is 14.4 Å². The number of sulfonamides is 1. The fraction of sp³-hybridized carbons (Fsp3) is 0.269. The molecule has 1 atom stereocenters. The zero-order chi connectivity index (χ0) is 25.5. The van der Waals surface area contributed by atoms with E-state index in [0.717, 1.165) is 5.56 Å². The van der Waals surface area contributed by atoms with Crippen molar-refractivity contribution < 1.29 is 27.1 Å². The van der Waals surface area contributed by atoms with Crippen LogP contribution in [-0.4, -0.2) is 59.2 Å². The second kappa shape index (κ2) is 11.5. The minimum atomic E-state index is -3.91. The average Bonchev–Trinajstić information content (AvgIpc) is 2.90. The zero-order valence-corrected chi connectivity index (χ0v) is 20.6. The summed E-state index contributed by atoms with van der Waals surface area (Å²) in [4.78, 5) is 15.1. The Balaban J connectivity index is 1.47. The molecule has 8 nitrogen and oxygen atoms in total. The molecular weight excluding hydrogens is 485 g/mol. The van der Waals surface area contributed by atoms with Gasteiger partial charge in [0.15, 0.2) is 0 Å². The second-order valence-corrected chi connectivity index (χ2v) is 9.97. The molecule has 1 saturated heterocycles. The SMILES string of the molecule is COc1ccc(NS(=O)(=O)c2cccc(C(=O)NC[C@H](c3ccc(F)cc3)N3CCOCC3)c2)cc1.